The van der Waals surface area contributed by atoms with Crippen LogP contribution >= 0.6 is 0 Å². The molecule has 1 amide bonds. The standard InChI is InChI=1S/C47H91NO8/c1-3-5-7-9-11-13-15-17-19-20-21-22-23-25-27-29-31-33-35-37-43(51)48-40(39-55-47-46(54)45(53)44(52)42(38-49)56-47)41(50)36-34-32-30-28-26-24-18-16-14-12-10-8-6-4-2/h17,19,40-42,44-47,49-50,52-54H,3-16,18,20-39H2,1-2H3,(H,48,51)/b19-17+/t40-,41+,42-,44-,45?,46?,47-/m0/s1. The lowest BCUT2D eigenvalue weighted by atomic mass is 9.99. The maximum Gasteiger partial charge on any atom is 0.220 e. The van der Waals surface area contributed by atoms with E-state index in [0.29, 0.717) is 12.8 Å². The second-order valence-electron chi connectivity index (χ2n) is 16.9. The molecule has 1 aliphatic rings. The number of hydrogen-bond donors (Lipinski definition) is 6. The lowest BCUT2D eigenvalue weighted by molar-refractivity contribution is -0.302. The summed E-state index contributed by atoms with van der Waals surface area (Å²) in [5.74, 6) is -0.145. The molecular weight excluding hydrogens is 707 g/mol. The van der Waals surface area contributed by atoms with Crippen molar-refractivity contribution in [3.63, 3.8) is 0 Å². The predicted octanol–water partition coefficient (Wildman–Crippen LogP) is 10.1. The molecular formula is C47H91NO8. The number of carbonyl (C=O) groups excluding carboxylic acids is 1. The Labute approximate surface area is 344 Å². The minimum atomic E-state index is -1.55. The van der Waals surface area contributed by atoms with E-state index in [0.717, 1.165) is 38.5 Å². The van der Waals surface area contributed by atoms with Gasteiger partial charge in [-0.1, -0.05) is 193 Å². The normalized spacial score (nSPS) is 21.2. The average molecular weight is 798 g/mol. The van der Waals surface area contributed by atoms with Crippen LogP contribution < -0.4 is 5.32 Å². The minimum absolute atomic E-state index is 0.135. The fourth-order valence-corrected chi connectivity index (χ4v) is 7.74. The molecule has 0 radical (unpaired) electrons. The molecule has 7 atom stereocenters. The van der Waals surface area contributed by atoms with Gasteiger partial charge in [0.25, 0.3) is 0 Å². The Kier molecular flexibility index (Phi) is 36.1. The highest BCUT2D eigenvalue weighted by Gasteiger charge is 2.44. The van der Waals surface area contributed by atoms with Gasteiger partial charge in [-0.15, -0.1) is 0 Å². The topological polar surface area (TPSA) is 149 Å². The Hall–Kier alpha value is -1.07. The maximum absolute atomic E-state index is 13.0. The van der Waals surface area contributed by atoms with E-state index in [1.165, 1.54) is 161 Å². The zero-order valence-corrected chi connectivity index (χ0v) is 36.4. The highest BCUT2D eigenvalue weighted by molar-refractivity contribution is 5.76. The number of aliphatic hydroxyl groups is 5. The summed E-state index contributed by atoms with van der Waals surface area (Å²) in [6.45, 7) is 3.84. The summed E-state index contributed by atoms with van der Waals surface area (Å²) >= 11 is 0. The monoisotopic (exact) mass is 798 g/mol. The first-order chi connectivity index (χ1) is 27.3. The van der Waals surface area contributed by atoms with E-state index in [-0.39, 0.29) is 12.5 Å². The van der Waals surface area contributed by atoms with Crippen LogP contribution in [0.15, 0.2) is 12.2 Å². The summed E-state index contributed by atoms with van der Waals surface area (Å²) in [6.07, 6.45) is 36.4. The van der Waals surface area contributed by atoms with E-state index < -0.39 is 49.5 Å². The van der Waals surface area contributed by atoms with Crippen LogP contribution in [0.2, 0.25) is 0 Å². The molecule has 0 spiro atoms. The number of hydrogen-bond acceptors (Lipinski definition) is 8. The van der Waals surface area contributed by atoms with E-state index in [1.807, 2.05) is 0 Å². The van der Waals surface area contributed by atoms with Gasteiger partial charge in [-0.2, -0.15) is 0 Å². The van der Waals surface area contributed by atoms with E-state index >= 15 is 0 Å². The number of carbonyl (C=O) groups is 1. The number of unbranched alkanes of at least 4 members (excludes halogenated alkanes) is 28. The van der Waals surface area contributed by atoms with E-state index in [2.05, 4.69) is 31.3 Å². The number of aliphatic hydroxyl groups excluding tert-OH is 5. The van der Waals surface area contributed by atoms with Gasteiger partial charge in [0.05, 0.1) is 25.4 Å². The van der Waals surface area contributed by atoms with Crippen molar-refractivity contribution in [1.82, 2.24) is 5.32 Å². The van der Waals surface area contributed by atoms with Crippen LogP contribution in [0.4, 0.5) is 0 Å². The SMILES string of the molecule is CCCCCCCC/C=C/CCCCCCCCCCCC(=O)N[C@@H](CO[C@H]1O[C@@H](CO)[C@H](O)C(O)C1O)[C@H](O)CCCCCCCCCCCCCCCC. The summed E-state index contributed by atoms with van der Waals surface area (Å²) in [5, 5.41) is 54.4. The van der Waals surface area contributed by atoms with Gasteiger partial charge in [0.1, 0.15) is 24.4 Å². The Morgan fingerprint density at radius 3 is 1.45 bits per heavy atom. The third-order valence-electron chi connectivity index (χ3n) is 11.6. The van der Waals surface area contributed by atoms with Gasteiger partial charge in [-0.25, -0.2) is 0 Å². The van der Waals surface area contributed by atoms with E-state index in [9.17, 15) is 30.3 Å². The van der Waals surface area contributed by atoms with Crippen LogP contribution in [-0.4, -0.2) is 87.5 Å². The summed E-state index contributed by atoms with van der Waals surface area (Å²) in [6, 6.07) is -0.715. The number of rotatable bonds is 40. The third kappa shape index (κ3) is 28.4. The smallest absolute Gasteiger partial charge is 0.220 e. The first kappa shape index (κ1) is 52.9. The molecule has 9 heteroatoms. The van der Waals surface area contributed by atoms with Gasteiger partial charge >= 0.3 is 0 Å². The predicted molar refractivity (Wildman–Crippen MR) is 231 cm³/mol. The van der Waals surface area contributed by atoms with Gasteiger partial charge < -0.3 is 40.3 Å². The van der Waals surface area contributed by atoms with Gasteiger partial charge in [-0.3, -0.25) is 4.79 Å². The number of nitrogens with one attached hydrogen (secondary N) is 1. The molecule has 6 N–H and O–H groups in total. The Morgan fingerprint density at radius 2 is 1.00 bits per heavy atom. The van der Waals surface area contributed by atoms with Crippen molar-refractivity contribution in [3.05, 3.63) is 12.2 Å². The maximum atomic E-state index is 13.0. The second kappa shape index (κ2) is 38.2. The van der Waals surface area contributed by atoms with Crippen LogP contribution in [0, 0.1) is 0 Å². The van der Waals surface area contributed by atoms with Crippen molar-refractivity contribution in [2.45, 2.75) is 269 Å². The molecule has 2 unspecified atom stereocenters. The fraction of sp³-hybridized carbons (Fsp3) is 0.936. The first-order valence-electron chi connectivity index (χ1n) is 23.9. The molecule has 0 aliphatic carbocycles. The molecule has 9 nitrogen and oxygen atoms in total. The minimum Gasteiger partial charge on any atom is -0.394 e. The zero-order valence-electron chi connectivity index (χ0n) is 36.4. The van der Waals surface area contributed by atoms with Crippen LogP contribution in [0.1, 0.15) is 226 Å². The molecule has 1 saturated heterocycles. The molecule has 0 bridgehead atoms. The van der Waals surface area contributed by atoms with Gasteiger partial charge in [0.15, 0.2) is 6.29 Å². The summed E-state index contributed by atoms with van der Waals surface area (Å²) < 4.78 is 11.3. The molecule has 1 rings (SSSR count). The second-order valence-corrected chi connectivity index (χ2v) is 16.9. The summed E-state index contributed by atoms with van der Waals surface area (Å²) in [4.78, 5) is 13.0. The number of allylic oxidation sites excluding steroid dienone is 2. The Bertz CT molecular complexity index is 888. The van der Waals surface area contributed by atoms with Gasteiger partial charge in [0, 0.05) is 6.42 Å². The summed E-state index contributed by atoms with van der Waals surface area (Å²) in [7, 11) is 0. The molecule has 56 heavy (non-hydrogen) atoms. The van der Waals surface area contributed by atoms with Crippen molar-refractivity contribution in [2.75, 3.05) is 13.2 Å². The van der Waals surface area contributed by atoms with Crippen molar-refractivity contribution < 1.29 is 39.8 Å². The molecule has 1 fully saturated rings. The molecule has 1 heterocycles. The number of amides is 1. The van der Waals surface area contributed by atoms with Crippen LogP contribution in [-0.2, 0) is 14.3 Å². The molecule has 1 aliphatic heterocycles. The Balaban J connectivity index is 2.29. The molecule has 0 aromatic carbocycles. The van der Waals surface area contributed by atoms with E-state index in [1.54, 1.807) is 0 Å². The number of ether oxygens (including phenoxy) is 2. The largest absolute Gasteiger partial charge is 0.394 e. The van der Waals surface area contributed by atoms with Crippen molar-refractivity contribution in [3.8, 4) is 0 Å². The van der Waals surface area contributed by atoms with Crippen LogP contribution in [0.3, 0.4) is 0 Å². The van der Waals surface area contributed by atoms with Crippen molar-refractivity contribution in [2.24, 2.45) is 0 Å². The first-order valence-corrected chi connectivity index (χ1v) is 23.9. The van der Waals surface area contributed by atoms with Crippen molar-refractivity contribution >= 4 is 5.91 Å². The van der Waals surface area contributed by atoms with Gasteiger partial charge in [0.2, 0.25) is 5.91 Å². The lowest BCUT2D eigenvalue weighted by Crippen LogP contribution is -2.60. The van der Waals surface area contributed by atoms with Crippen molar-refractivity contribution in [1.29, 1.82) is 0 Å². The molecule has 0 aromatic heterocycles. The molecule has 332 valence electrons. The van der Waals surface area contributed by atoms with Crippen LogP contribution in [0.5, 0.6) is 0 Å². The van der Waals surface area contributed by atoms with E-state index in [4.69, 9.17) is 9.47 Å². The van der Waals surface area contributed by atoms with Gasteiger partial charge in [-0.05, 0) is 38.5 Å². The molecule has 0 saturated carbocycles. The third-order valence-corrected chi connectivity index (χ3v) is 11.6. The summed E-state index contributed by atoms with van der Waals surface area (Å²) in [5.41, 5.74) is 0. The average Bonchev–Trinajstić information content (AvgIpc) is 3.20. The Morgan fingerprint density at radius 1 is 0.589 bits per heavy atom. The highest BCUT2D eigenvalue weighted by atomic mass is 16.7. The molecule has 0 aromatic rings. The fourth-order valence-electron chi connectivity index (χ4n) is 7.74. The quantitative estimate of drug-likeness (QED) is 0.0265. The highest BCUT2D eigenvalue weighted by Crippen LogP contribution is 2.23. The van der Waals surface area contributed by atoms with Crippen LogP contribution in [0.25, 0.3) is 0 Å². The zero-order chi connectivity index (χ0) is 40.9. The lowest BCUT2D eigenvalue weighted by Gasteiger charge is -2.40.